The Balaban J connectivity index is 1.58. The summed E-state index contributed by atoms with van der Waals surface area (Å²) in [6, 6.07) is 13.3. The summed E-state index contributed by atoms with van der Waals surface area (Å²) < 4.78 is 18.7. The first kappa shape index (κ1) is 15.8. The molecule has 3 rings (SSSR count). The molecule has 0 saturated carbocycles. The highest BCUT2D eigenvalue weighted by Gasteiger charge is 2.30. The number of carbonyl (C=O) groups excluding carboxylic acids is 1. The van der Waals surface area contributed by atoms with Crippen LogP contribution in [0.25, 0.3) is 0 Å². The van der Waals surface area contributed by atoms with Crippen molar-refractivity contribution in [2.45, 2.75) is 18.0 Å². The van der Waals surface area contributed by atoms with E-state index in [0.717, 1.165) is 11.1 Å². The molecule has 0 spiro atoms. The summed E-state index contributed by atoms with van der Waals surface area (Å²) >= 11 is 1.59. The summed E-state index contributed by atoms with van der Waals surface area (Å²) in [4.78, 5) is 10.9. The lowest BCUT2D eigenvalue weighted by Gasteiger charge is -2.12. The molecule has 2 aromatic carbocycles. The van der Waals surface area contributed by atoms with Crippen molar-refractivity contribution >= 4 is 17.7 Å². The van der Waals surface area contributed by atoms with Crippen LogP contribution < -0.4 is 15.2 Å². The summed E-state index contributed by atoms with van der Waals surface area (Å²) in [5, 5.41) is 12.7. The van der Waals surface area contributed by atoms with Gasteiger partial charge < -0.3 is 20.0 Å². The summed E-state index contributed by atoms with van der Waals surface area (Å²) in [6.45, 7) is 0.300. The van der Waals surface area contributed by atoms with E-state index in [1.165, 1.54) is 12.1 Å². The number of carbonyl (C=O) groups is 1. The number of aliphatic carboxylic acids is 1. The van der Waals surface area contributed by atoms with E-state index in [1.807, 2.05) is 35.6 Å². The Hall–Kier alpha value is -2.05. The number of benzene rings is 2. The van der Waals surface area contributed by atoms with E-state index in [4.69, 9.17) is 4.74 Å². The molecular formula is C17H16FNO3S. The van der Waals surface area contributed by atoms with E-state index in [2.05, 4.69) is 0 Å². The van der Waals surface area contributed by atoms with Gasteiger partial charge in [-0.1, -0.05) is 23.9 Å². The molecule has 1 aliphatic rings. The van der Waals surface area contributed by atoms with Crippen molar-refractivity contribution in [2.24, 2.45) is 0 Å². The molecule has 0 aromatic heterocycles. The monoisotopic (exact) mass is 333 g/mol. The number of rotatable bonds is 5. The third-order valence-electron chi connectivity index (χ3n) is 3.67. The predicted molar refractivity (Wildman–Crippen MR) is 83.1 cm³/mol. The number of hydrogen-bond acceptors (Lipinski definition) is 4. The Kier molecular flexibility index (Phi) is 4.83. The molecule has 2 atom stereocenters. The number of carboxylic acids is 1. The minimum Gasteiger partial charge on any atom is -0.544 e. The largest absolute Gasteiger partial charge is 0.544 e. The number of ether oxygens (including phenoxy) is 1. The number of quaternary nitrogens is 1. The molecule has 2 N–H and O–H groups in total. The average molecular weight is 333 g/mol. The number of nitrogens with two attached hydrogens (primary N) is 1. The molecule has 1 fully saturated rings. The molecule has 4 nitrogen and oxygen atoms in total. The second-order valence-corrected chi connectivity index (χ2v) is 6.53. The molecule has 0 unspecified atom stereocenters. The van der Waals surface area contributed by atoms with Gasteiger partial charge in [-0.3, -0.25) is 0 Å². The molecule has 120 valence electrons. The molecular weight excluding hydrogens is 317 g/mol. The second kappa shape index (κ2) is 7.02. The van der Waals surface area contributed by atoms with E-state index >= 15 is 0 Å². The molecule has 0 amide bonds. The van der Waals surface area contributed by atoms with Crippen LogP contribution in [-0.2, 0) is 11.4 Å². The molecule has 0 aliphatic carbocycles. The van der Waals surface area contributed by atoms with E-state index in [1.54, 1.807) is 17.8 Å². The van der Waals surface area contributed by atoms with Crippen molar-refractivity contribution in [1.82, 2.24) is 0 Å². The van der Waals surface area contributed by atoms with Crippen molar-refractivity contribution in [2.75, 3.05) is 5.75 Å². The van der Waals surface area contributed by atoms with E-state index in [9.17, 15) is 14.3 Å². The zero-order valence-electron chi connectivity index (χ0n) is 12.3. The van der Waals surface area contributed by atoms with Crippen LogP contribution in [0.1, 0.15) is 16.5 Å². The first-order chi connectivity index (χ1) is 11.1. The zero-order chi connectivity index (χ0) is 16.2. The fourth-order valence-electron chi connectivity index (χ4n) is 2.43. The van der Waals surface area contributed by atoms with Crippen LogP contribution in [0, 0.1) is 5.82 Å². The third-order valence-corrected chi connectivity index (χ3v) is 5.01. The Labute approximate surface area is 137 Å². The number of carboxylic acid groups (broad SMARTS) is 1. The highest BCUT2D eigenvalue weighted by molar-refractivity contribution is 7.99. The second-order valence-electron chi connectivity index (χ2n) is 5.36. The highest BCUT2D eigenvalue weighted by Crippen LogP contribution is 2.28. The Morgan fingerprint density at radius 3 is 2.74 bits per heavy atom. The van der Waals surface area contributed by atoms with Gasteiger partial charge in [-0.25, -0.2) is 4.39 Å². The van der Waals surface area contributed by atoms with Crippen molar-refractivity contribution < 1.29 is 24.3 Å². The summed E-state index contributed by atoms with van der Waals surface area (Å²) in [5.74, 6) is -0.0598. The van der Waals surface area contributed by atoms with Gasteiger partial charge in [0.2, 0.25) is 0 Å². The van der Waals surface area contributed by atoms with E-state index in [0.29, 0.717) is 18.1 Å². The maximum atomic E-state index is 13.1. The normalized spacial score (nSPS) is 20.4. The average Bonchev–Trinajstić information content (AvgIpc) is 3.04. The van der Waals surface area contributed by atoms with Crippen LogP contribution in [0.2, 0.25) is 0 Å². The summed E-state index contributed by atoms with van der Waals surface area (Å²) in [5.41, 5.74) is 1.81. The van der Waals surface area contributed by atoms with Crippen molar-refractivity contribution in [3.05, 3.63) is 65.5 Å². The van der Waals surface area contributed by atoms with Crippen LogP contribution in [0.3, 0.4) is 0 Å². The quantitative estimate of drug-likeness (QED) is 0.880. The highest BCUT2D eigenvalue weighted by atomic mass is 32.2. The van der Waals surface area contributed by atoms with Crippen LogP contribution >= 0.6 is 11.8 Å². The molecule has 0 bridgehead atoms. The fraction of sp³-hybridized carbons (Fsp3) is 0.235. The maximum absolute atomic E-state index is 13.1. The van der Waals surface area contributed by atoms with Gasteiger partial charge in [-0.05, 0) is 42.0 Å². The van der Waals surface area contributed by atoms with Gasteiger partial charge in [-0.2, -0.15) is 0 Å². The van der Waals surface area contributed by atoms with Gasteiger partial charge in [0.1, 0.15) is 30.2 Å². The fourth-order valence-corrected chi connectivity index (χ4v) is 3.74. The Morgan fingerprint density at radius 1 is 1.30 bits per heavy atom. The summed E-state index contributed by atoms with van der Waals surface area (Å²) in [7, 11) is 0. The third kappa shape index (κ3) is 4.03. The Morgan fingerprint density at radius 2 is 2.09 bits per heavy atom. The number of hydrogen-bond donors (Lipinski definition) is 1. The van der Waals surface area contributed by atoms with Crippen LogP contribution in [0.4, 0.5) is 4.39 Å². The van der Waals surface area contributed by atoms with Crippen molar-refractivity contribution in [3.8, 4) is 5.75 Å². The minimum atomic E-state index is -1.02. The van der Waals surface area contributed by atoms with Crippen LogP contribution in [-0.4, -0.2) is 17.8 Å². The molecule has 1 aliphatic heterocycles. The van der Waals surface area contributed by atoms with E-state index in [-0.39, 0.29) is 11.2 Å². The summed E-state index contributed by atoms with van der Waals surface area (Å²) in [6.07, 6.45) is 0. The zero-order valence-corrected chi connectivity index (χ0v) is 13.1. The molecule has 0 radical (unpaired) electrons. The standard InChI is InChI=1S/C17H16FNO3S/c18-13-3-1-2-11(8-13)9-22-14-6-4-12(5-7-14)16-19-15(10-23-16)17(20)21/h1-8,15-16,19H,9-10H2,(H,20,21)/t15-,16+/m0/s1. The molecule has 23 heavy (non-hydrogen) atoms. The smallest absolute Gasteiger partial charge is 0.159 e. The minimum absolute atomic E-state index is 0.0650. The van der Waals surface area contributed by atoms with Crippen molar-refractivity contribution in [1.29, 1.82) is 0 Å². The van der Waals surface area contributed by atoms with E-state index < -0.39 is 12.0 Å². The van der Waals surface area contributed by atoms with Gasteiger partial charge >= 0.3 is 0 Å². The van der Waals surface area contributed by atoms with Gasteiger partial charge in [-0.15, -0.1) is 0 Å². The van der Waals surface area contributed by atoms with Gasteiger partial charge in [0, 0.05) is 5.56 Å². The molecule has 1 heterocycles. The van der Waals surface area contributed by atoms with Crippen molar-refractivity contribution in [3.63, 3.8) is 0 Å². The predicted octanol–water partition coefficient (Wildman–Crippen LogP) is 0.832. The van der Waals surface area contributed by atoms with Gasteiger partial charge in [0.15, 0.2) is 5.37 Å². The van der Waals surface area contributed by atoms with Crippen LogP contribution in [0.15, 0.2) is 48.5 Å². The lowest BCUT2D eigenvalue weighted by atomic mass is 10.2. The number of halogens is 1. The first-order valence-electron chi connectivity index (χ1n) is 7.26. The molecule has 2 aromatic rings. The lowest BCUT2D eigenvalue weighted by Crippen LogP contribution is -2.90. The first-order valence-corrected chi connectivity index (χ1v) is 8.31. The molecule has 6 heteroatoms. The maximum Gasteiger partial charge on any atom is 0.159 e. The van der Waals surface area contributed by atoms with Gasteiger partial charge in [0.25, 0.3) is 0 Å². The van der Waals surface area contributed by atoms with Gasteiger partial charge in [0.05, 0.1) is 5.75 Å². The Bertz CT molecular complexity index is 692. The lowest BCUT2D eigenvalue weighted by molar-refractivity contribution is -0.690. The number of thioether (sulfide) groups is 1. The SMILES string of the molecule is O=C([O-])[C@@H]1CS[C@H](c2ccc(OCc3cccc(F)c3)cc2)[NH2+]1. The topological polar surface area (TPSA) is 66.0 Å². The van der Waals surface area contributed by atoms with Crippen LogP contribution in [0.5, 0.6) is 5.75 Å². The molecule has 1 saturated heterocycles.